The average molecular weight is 98.4 g/mol. The van der Waals surface area contributed by atoms with Crippen LogP contribution in [0.5, 0.6) is 0 Å². The Hall–Kier alpha value is 0.0348. The van der Waals surface area contributed by atoms with Gasteiger partial charge in [-0.3, -0.25) is 0 Å². The standard InChI is InChI=1S/B3H2O4/c4-1-6-3-7-2-5/h4-5H. The van der Waals surface area contributed by atoms with Crippen LogP contribution in [0.4, 0.5) is 0 Å². The van der Waals surface area contributed by atoms with Crippen LogP contribution in [-0.4, -0.2) is 33.1 Å². The molecule has 4 nitrogen and oxygen atoms in total. The Balaban J connectivity index is 2.45. The first-order valence-electron chi connectivity index (χ1n) is 1.46. The first kappa shape index (κ1) is 7.03. The van der Waals surface area contributed by atoms with Gasteiger partial charge in [0.15, 0.2) is 0 Å². The van der Waals surface area contributed by atoms with Crippen molar-refractivity contribution in [3.63, 3.8) is 0 Å². The Labute approximate surface area is 43.4 Å². The van der Waals surface area contributed by atoms with E-state index in [1.165, 1.54) is 0 Å². The van der Waals surface area contributed by atoms with Crippen LogP contribution in [0.2, 0.25) is 0 Å². The van der Waals surface area contributed by atoms with Crippen molar-refractivity contribution in [1.82, 2.24) is 0 Å². The normalized spacial score (nSPS) is 7.71. The molecule has 0 saturated heterocycles. The first-order valence-corrected chi connectivity index (χ1v) is 1.46. The lowest BCUT2D eigenvalue weighted by Gasteiger charge is -1.90. The molecule has 0 bridgehead atoms. The zero-order valence-electron chi connectivity index (χ0n) is 3.44. The van der Waals surface area contributed by atoms with Crippen LogP contribution in [-0.2, 0) is 9.14 Å². The average Bonchev–Trinajstić information content (AvgIpc) is 1.69. The molecule has 0 saturated carbocycles. The minimum Gasteiger partial charge on any atom is -0.456 e. The molecule has 0 aliphatic carbocycles. The van der Waals surface area contributed by atoms with Crippen LogP contribution in [0.1, 0.15) is 0 Å². The van der Waals surface area contributed by atoms with E-state index in [0.717, 1.165) is 7.69 Å². The molecular formula is H2B3O4. The Kier molecular flexibility index (Phi) is 6.06. The van der Waals surface area contributed by atoms with Crippen molar-refractivity contribution in [2.24, 2.45) is 0 Å². The van der Waals surface area contributed by atoms with Crippen LogP contribution in [0.3, 0.4) is 0 Å². The molecule has 0 spiro atoms. The number of hydrogen-bond donors (Lipinski definition) is 2. The lowest BCUT2D eigenvalue weighted by atomic mass is 10.2. The van der Waals surface area contributed by atoms with E-state index in [1.807, 2.05) is 0 Å². The van der Waals surface area contributed by atoms with Gasteiger partial charge in [-0.25, -0.2) is 0 Å². The van der Waals surface area contributed by atoms with Crippen molar-refractivity contribution >= 4 is 23.1 Å². The summed E-state index contributed by atoms with van der Waals surface area (Å²) in [4.78, 5) is 0. The van der Waals surface area contributed by atoms with Crippen LogP contribution < -0.4 is 0 Å². The molecule has 35 valence electrons. The third kappa shape index (κ3) is 6.03. The maximum atomic E-state index is 7.74. The van der Waals surface area contributed by atoms with Gasteiger partial charge in [0.25, 0.3) is 0 Å². The molecule has 2 N–H and O–H groups in total. The summed E-state index contributed by atoms with van der Waals surface area (Å²) >= 11 is 0. The summed E-state index contributed by atoms with van der Waals surface area (Å²) in [5.41, 5.74) is 0. The molecule has 0 aromatic carbocycles. The molecule has 0 amide bonds. The van der Waals surface area contributed by atoms with Crippen molar-refractivity contribution in [2.75, 3.05) is 0 Å². The fourth-order valence-corrected chi connectivity index (χ4v) is 0.0818. The SMILES string of the molecule is O[B]O[B]O[B]O. The fraction of sp³-hybridized carbons (Fsp3) is 0. The van der Waals surface area contributed by atoms with Gasteiger partial charge in [-0.15, -0.1) is 0 Å². The van der Waals surface area contributed by atoms with Gasteiger partial charge in [-0.05, 0) is 0 Å². The quantitative estimate of drug-likeness (QED) is 0.304. The third-order valence-corrected chi connectivity index (χ3v) is 0.233. The molecule has 0 aliphatic heterocycles. The number of hydrogen-bond acceptors (Lipinski definition) is 4. The summed E-state index contributed by atoms with van der Waals surface area (Å²) < 4.78 is 7.93. The van der Waals surface area contributed by atoms with Gasteiger partial charge < -0.3 is 19.2 Å². The topological polar surface area (TPSA) is 58.9 Å². The summed E-state index contributed by atoms with van der Waals surface area (Å²) in [5.74, 6) is 0. The van der Waals surface area contributed by atoms with Gasteiger partial charge in [0.2, 0.25) is 0 Å². The third-order valence-electron chi connectivity index (χ3n) is 0.233. The molecule has 7 heavy (non-hydrogen) atoms. The second-order valence-corrected chi connectivity index (χ2v) is 0.579. The maximum absolute atomic E-state index is 7.74. The summed E-state index contributed by atoms with van der Waals surface area (Å²) in [7, 11) is 1.59. The zero-order chi connectivity index (χ0) is 5.54. The summed E-state index contributed by atoms with van der Waals surface area (Å²) in [6.45, 7) is 0. The first-order chi connectivity index (χ1) is 3.41. The van der Waals surface area contributed by atoms with Crippen molar-refractivity contribution < 1.29 is 19.2 Å². The van der Waals surface area contributed by atoms with Crippen molar-refractivity contribution in [3.8, 4) is 0 Å². The van der Waals surface area contributed by atoms with Crippen LogP contribution in [0, 0.1) is 0 Å². The Morgan fingerprint density at radius 3 is 1.71 bits per heavy atom. The van der Waals surface area contributed by atoms with Gasteiger partial charge in [-0.2, -0.15) is 0 Å². The summed E-state index contributed by atoms with van der Waals surface area (Å²) in [6, 6.07) is 0. The molecule has 7 heteroatoms. The highest BCUT2D eigenvalue weighted by molar-refractivity contribution is 6.40. The van der Waals surface area contributed by atoms with Crippen LogP contribution in [0.15, 0.2) is 0 Å². The van der Waals surface area contributed by atoms with Gasteiger partial charge in [0, 0.05) is 0 Å². The number of rotatable bonds is 4. The highest BCUT2D eigenvalue weighted by Gasteiger charge is 1.91. The van der Waals surface area contributed by atoms with Gasteiger partial charge in [0.05, 0.1) is 0 Å². The monoisotopic (exact) mass is 99.0 g/mol. The molecular weight excluding hydrogens is 96.4 g/mol. The summed E-state index contributed by atoms with van der Waals surface area (Å²) in [6.07, 6.45) is 0. The maximum Gasteiger partial charge on any atom is 0.469 e. The van der Waals surface area contributed by atoms with Gasteiger partial charge in [0.1, 0.15) is 0 Å². The minimum atomic E-state index is 0.420. The molecule has 0 aliphatic rings. The highest BCUT2D eigenvalue weighted by atomic mass is 16.6. The Morgan fingerprint density at radius 1 is 1.00 bits per heavy atom. The van der Waals surface area contributed by atoms with Crippen LogP contribution in [0.25, 0.3) is 0 Å². The highest BCUT2D eigenvalue weighted by Crippen LogP contribution is 1.62. The second kappa shape index (κ2) is 6.03. The molecule has 0 unspecified atom stereocenters. The smallest absolute Gasteiger partial charge is 0.456 e. The zero-order valence-corrected chi connectivity index (χ0v) is 3.44. The lowest BCUT2D eigenvalue weighted by Crippen LogP contribution is -2.09. The molecule has 0 heterocycles. The Bertz CT molecular complexity index is 26.1. The summed E-state index contributed by atoms with van der Waals surface area (Å²) in [5, 5.41) is 15.5. The van der Waals surface area contributed by atoms with E-state index in [2.05, 4.69) is 9.14 Å². The van der Waals surface area contributed by atoms with E-state index >= 15 is 0 Å². The minimum absolute atomic E-state index is 0.420. The largest absolute Gasteiger partial charge is 0.469 e. The molecule has 3 radical (unpaired) electrons. The van der Waals surface area contributed by atoms with Crippen molar-refractivity contribution in [3.05, 3.63) is 0 Å². The molecule has 0 aromatic heterocycles. The van der Waals surface area contributed by atoms with Crippen molar-refractivity contribution in [2.45, 2.75) is 0 Å². The van der Waals surface area contributed by atoms with E-state index in [-0.39, 0.29) is 0 Å². The van der Waals surface area contributed by atoms with E-state index in [0.29, 0.717) is 15.4 Å². The lowest BCUT2D eigenvalue weighted by molar-refractivity contribution is 0.389. The molecule has 0 rings (SSSR count). The predicted molar refractivity (Wildman–Crippen MR) is 23.9 cm³/mol. The van der Waals surface area contributed by atoms with E-state index < -0.39 is 0 Å². The van der Waals surface area contributed by atoms with Crippen LogP contribution >= 0.6 is 0 Å². The predicted octanol–water partition coefficient (Wildman–Crippen LogP) is -2.39. The Morgan fingerprint density at radius 2 is 1.43 bits per heavy atom. The van der Waals surface area contributed by atoms with Gasteiger partial charge in [-0.1, -0.05) is 0 Å². The molecule has 0 atom stereocenters. The van der Waals surface area contributed by atoms with E-state index in [4.69, 9.17) is 10.0 Å². The fourth-order valence-electron chi connectivity index (χ4n) is 0.0818. The van der Waals surface area contributed by atoms with Crippen molar-refractivity contribution in [1.29, 1.82) is 0 Å². The molecule has 0 fully saturated rings. The van der Waals surface area contributed by atoms with E-state index in [1.54, 1.807) is 0 Å². The van der Waals surface area contributed by atoms with Gasteiger partial charge >= 0.3 is 23.1 Å². The molecule has 0 aromatic rings. The second-order valence-electron chi connectivity index (χ2n) is 0.579. The van der Waals surface area contributed by atoms with E-state index in [9.17, 15) is 0 Å².